The van der Waals surface area contributed by atoms with Gasteiger partial charge < -0.3 is 4.74 Å². The second-order valence-corrected chi connectivity index (χ2v) is 8.18. The van der Waals surface area contributed by atoms with Crippen LogP contribution in [0.4, 0.5) is 0 Å². The Morgan fingerprint density at radius 2 is 2.00 bits per heavy atom. The molecule has 1 aromatic heterocycles. The molecule has 4 heteroatoms. The molecule has 2 nitrogen and oxygen atoms in total. The normalized spacial score (nSPS) is 18.4. The molecule has 3 aromatic rings. The highest BCUT2D eigenvalue weighted by atomic mass is 79.9. The Bertz CT molecular complexity index is 824. The molecule has 0 spiro atoms. The fourth-order valence-corrected chi connectivity index (χ4v) is 4.79. The smallest absolute Gasteiger partial charge is 0.146 e. The summed E-state index contributed by atoms with van der Waals surface area (Å²) >= 11 is 5.40. The highest BCUT2D eigenvalue weighted by Crippen LogP contribution is 2.39. The minimum atomic E-state index is 0.0934. The van der Waals surface area contributed by atoms with E-state index in [1.807, 2.05) is 0 Å². The van der Waals surface area contributed by atoms with Crippen molar-refractivity contribution < 1.29 is 4.74 Å². The van der Waals surface area contributed by atoms with Crippen molar-refractivity contribution in [2.75, 3.05) is 13.6 Å². The summed E-state index contributed by atoms with van der Waals surface area (Å²) in [6.07, 6.45) is 0.0934. The highest BCUT2D eigenvalue weighted by Gasteiger charge is 2.27. The third-order valence-corrected chi connectivity index (χ3v) is 5.81. The third-order valence-electron chi connectivity index (χ3n) is 4.04. The first-order valence-corrected chi connectivity index (χ1v) is 8.93. The first-order valence-electron chi connectivity index (χ1n) is 7.32. The van der Waals surface area contributed by atoms with Gasteiger partial charge in [-0.15, -0.1) is 11.3 Å². The van der Waals surface area contributed by atoms with Gasteiger partial charge in [0.2, 0.25) is 0 Å². The Morgan fingerprint density at radius 3 is 2.91 bits per heavy atom. The SMILES string of the molecule is CN1Cc2cc(Br)sc2C(Oc2cccc3ccccc23)C1. The van der Waals surface area contributed by atoms with E-state index in [0.717, 1.165) is 18.8 Å². The van der Waals surface area contributed by atoms with Crippen molar-refractivity contribution in [2.45, 2.75) is 12.6 Å². The number of thiophene rings is 1. The molecule has 2 heterocycles. The number of ether oxygens (including phenoxy) is 1. The topological polar surface area (TPSA) is 12.5 Å². The molecule has 0 amide bonds. The fraction of sp³-hybridized carbons (Fsp3) is 0.222. The molecule has 0 fully saturated rings. The van der Waals surface area contributed by atoms with E-state index in [1.54, 1.807) is 11.3 Å². The average Bonchev–Trinajstić information content (AvgIpc) is 2.88. The van der Waals surface area contributed by atoms with E-state index in [9.17, 15) is 0 Å². The van der Waals surface area contributed by atoms with Crippen LogP contribution in [-0.4, -0.2) is 18.5 Å². The second-order valence-electron chi connectivity index (χ2n) is 5.72. The lowest BCUT2D eigenvalue weighted by molar-refractivity contribution is 0.134. The van der Waals surface area contributed by atoms with Gasteiger partial charge in [-0.2, -0.15) is 0 Å². The van der Waals surface area contributed by atoms with Crippen molar-refractivity contribution in [3.8, 4) is 5.75 Å². The number of rotatable bonds is 2. The molecular weight excluding hydrogens is 358 g/mol. The summed E-state index contributed by atoms with van der Waals surface area (Å²) in [6, 6.07) is 16.9. The van der Waals surface area contributed by atoms with E-state index in [2.05, 4.69) is 76.4 Å². The van der Waals surface area contributed by atoms with Crippen LogP contribution < -0.4 is 4.74 Å². The molecule has 0 saturated heterocycles. The molecule has 2 aromatic carbocycles. The molecule has 0 N–H and O–H groups in total. The van der Waals surface area contributed by atoms with Gasteiger partial charge in [-0.05, 0) is 46.1 Å². The molecular formula is C18H16BrNOS. The maximum absolute atomic E-state index is 6.43. The van der Waals surface area contributed by atoms with Gasteiger partial charge in [0.15, 0.2) is 0 Å². The van der Waals surface area contributed by atoms with Gasteiger partial charge in [-0.3, -0.25) is 4.90 Å². The Hall–Kier alpha value is -1.36. The second kappa shape index (κ2) is 5.69. The van der Waals surface area contributed by atoms with E-state index >= 15 is 0 Å². The number of benzene rings is 2. The van der Waals surface area contributed by atoms with Gasteiger partial charge >= 0.3 is 0 Å². The number of nitrogens with zero attached hydrogens (tertiary/aromatic N) is 1. The van der Waals surface area contributed by atoms with Gasteiger partial charge in [0.05, 0.1) is 8.66 Å². The summed E-state index contributed by atoms with van der Waals surface area (Å²) in [6.45, 7) is 1.91. The summed E-state index contributed by atoms with van der Waals surface area (Å²) in [7, 11) is 2.15. The predicted molar refractivity (Wildman–Crippen MR) is 95.7 cm³/mol. The summed E-state index contributed by atoms with van der Waals surface area (Å²) in [4.78, 5) is 3.66. The standard InChI is InChI=1S/C18H16BrNOS/c1-20-10-13-9-17(19)22-18(13)16(11-20)21-15-8-4-6-12-5-2-3-7-14(12)15/h2-9,16H,10-11H2,1H3. The number of halogens is 1. The van der Waals surface area contributed by atoms with Crippen molar-refractivity contribution >= 4 is 38.0 Å². The third kappa shape index (κ3) is 2.56. The summed E-state index contributed by atoms with van der Waals surface area (Å²) < 4.78 is 7.61. The number of fused-ring (bicyclic) bond motifs is 2. The van der Waals surface area contributed by atoms with Gasteiger partial charge in [-0.1, -0.05) is 36.4 Å². The number of likely N-dealkylation sites (N-methyl/N-ethyl adjacent to an activating group) is 1. The van der Waals surface area contributed by atoms with E-state index in [-0.39, 0.29) is 6.10 Å². The molecule has 0 radical (unpaired) electrons. The summed E-state index contributed by atoms with van der Waals surface area (Å²) in [5.74, 6) is 0.967. The Balaban J connectivity index is 1.73. The predicted octanol–water partition coefficient (Wildman–Crippen LogP) is 5.23. The van der Waals surface area contributed by atoms with Crippen LogP contribution in [0.1, 0.15) is 16.5 Å². The van der Waals surface area contributed by atoms with Gasteiger partial charge in [0.1, 0.15) is 11.9 Å². The molecule has 1 unspecified atom stereocenters. The molecule has 1 aliphatic heterocycles. The number of hydrogen-bond donors (Lipinski definition) is 0. The minimum absolute atomic E-state index is 0.0934. The molecule has 112 valence electrons. The lowest BCUT2D eigenvalue weighted by Crippen LogP contribution is -2.31. The van der Waals surface area contributed by atoms with E-state index in [4.69, 9.17) is 4.74 Å². The molecule has 0 saturated carbocycles. The van der Waals surface area contributed by atoms with Crippen LogP contribution in [0.5, 0.6) is 5.75 Å². The van der Waals surface area contributed by atoms with Gasteiger partial charge in [0, 0.05) is 18.5 Å². The van der Waals surface area contributed by atoms with Crippen molar-refractivity contribution in [1.82, 2.24) is 4.90 Å². The molecule has 0 aliphatic carbocycles. The van der Waals surface area contributed by atoms with E-state index < -0.39 is 0 Å². The molecule has 4 rings (SSSR count). The molecule has 1 aliphatic rings. The minimum Gasteiger partial charge on any atom is -0.483 e. The van der Waals surface area contributed by atoms with Crippen LogP contribution in [0.3, 0.4) is 0 Å². The van der Waals surface area contributed by atoms with Crippen LogP contribution in [0.2, 0.25) is 0 Å². The van der Waals surface area contributed by atoms with Crippen LogP contribution in [0.15, 0.2) is 52.3 Å². The van der Waals surface area contributed by atoms with Gasteiger partial charge in [0.25, 0.3) is 0 Å². The molecule has 0 bridgehead atoms. The Labute approximate surface area is 142 Å². The first kappa shape index (κ1) is 14.2. The Morgan fingerprint density at radius 1 is 1.18 bits per heavy atom. The Kier molecular flexibility index (Phi) is 3.68. The zero-order valence-electron chi connectivity index (χ0n) is 12.3. The first-order chi connectivity index (χ1) is 10.7. The lowest BCUT2D eigenvalue weighted by atomic mass is 10.1. The summed E-state index contributed by atoms with van der Waals surface area (Å²) in [5.41, 5.74) is 1.37. The van der Waals surface area contributed by atoms with Crippen LogP contribution in [0.25, 0.3) is 10.8 Å². The fourth-order valence-electron chi connectivity index (χ4n) is 3.07. The van der Waals surface area contributed by atoms with Crippen LogP contribution >= 0.6 is 27.3 Å². The van der Waals surface area contributed by atoms with Crippen LogP contribution in [-0.2, 0) is 6.54 Å². The maximum Gasteiger partial charge on any atom is 0.146 e. The van der Waals surface area contributed by atoms with E-state index in [1.165, 1.54) is 25.0 Å². The molecule has 1 atom stereocenters. The van der Waals surface area contributed by atoms with Crippen molar-refractivity contribution in [2.24, 2.45) is 0 Å². The monoisotopic (exact) mass is 373 g/mol. The lowest BCUT2D eigenvalue weighted by Gasteiger charge is -2.30. The number of hydrogen-bond acceptors (Lipinski definition) is 3. The van der Waals surface area contributed by atoms with Crippen molar-refractivity contribution in [1.29, 1.82) is 0 Å². The van der Waals surface area contributed by atoms with Gasteiger partial charge in [-0.25, -0.2) is 0 Å². The van der Waals surface area contributed by atoms with Crippen LogP contribution in [0, 0.1) is 0 Å². The zero-order valence-corrected chi connectivity index (χ0v) is 14.7. The average molecular weight is 374 g/mol. The zero-order chi connectivity index (χ0) is 15.1. The summed E-state index contributed by atoms with van der Waals surface area (Å²) in [5, 5.41) is 2.40. The maximum atomic E-state index is 6.43. The quantitative estimate of drug-likeness (QED) is 0.609. The highest BCUT2D eigenvalue weighted by molar-refractivity contribution is 9.11. The largest absolute Gasteiger partial charge is 0.483 e. The molecule has 22 heavy (non-hydrogen) atoms. The van der Waals surface area contributed by atoms with Crippen molar-refractivity contribution in [3.05, 3.63) is 62.8 Å². The van der Waals surface area contributed by atoms with E-state index in [0.29, 0.717) is 0 Å². The van der Waals surface area contributed by atoms with Crippen molar-refractivity contribution in [3.63, 3.8) is 0 Å².